The summed E-state index contributed by atoms with van der Waals surface area (Å²) in [5.74, 6) is -1.72. The number of rotatable bonds is 3. The van der Waals surface area contributed by atoms with Gasteiger partial charge in [-0.2, -0.15) is 0 Å². The monoisotopic (exact) mass is 273 g/mol. The number of carbonyl (C=O) groups is 2. The molecule has 2 rings (SSSR count). The number of nitrogen functional groups attached to an aromatic ring is 1. The SMILES string of the molecule is Nc1ccc(C(=O)O)cc1.O=C(O)Cc1ccccc1. The van der Waals surface area contributed by atoms with Gasteiger partial charge >= 0.3 is 11.9 Å². The van der Waals surface area contributed by atoms with Crippen molar-refractivity contribution < 1.29 is 19.8 Å². The predicted molar refractivity (Wildman–Crippen MR) is 75.6 cm³/mol. The molecule has 0 saturated heterocycles. The first-order valence-electron chi connectivity index (χ1n) is 5.83. The van der Waals surface area contributed by atoms with Crippen molar-refractivity contribution in [2.45, 2.75) is 6.42 Å². The number of hydrogen-bond acceptors (Lipinski definition) is 3. The van der Waals surface area contributed by atoms with Crippen LogP contribution in [0.2, 0.25) is 0 Å². The van der Waals surface area contributed by atoms with Crippen LogP contribution in [0.15, 0.2) is 54.6 Å². The first-order valence-corrected chi connectivity index (χ1v) is 5.83. The topological polar surface area (TPSA) is 101 Å². The van der Waals surface area contributed by atoms with Crippen molar-refractivity contribution in [1.29, 1.82) is 0 Å². The lowest BCUT2D eigenvalue weighted by Crippen LogP contribution is -1.98. The van der Waals surface area contributed by atoms with Gasteiger partial charge in [-0.1, -0.05) is 30.3 Å². The zero-order valence-corrected chi connectivity index (χ0v) is 10.7. The van der Waals surface area contributed by atoms with E-state index < -0.39 is 11.9 Å². The van der Waals surface area contributed by atoms with Gasteiger partial charge < -0.3 is 15.9 Å². The van der Waals surface area contributed by atoms with E-state index in [9.17, 15) is 9.59 Å². The van der Waals surface area contributed by atoms with Crippen LogP contribution >= 0.6 is 0 Å². The number of carboxylic acid groups (broad SMARTS) is 2. The van der Waals surface area contributed by atoms with Crippen molar-refractivity contribution in [3.63, 3.8) is 0 Å². The predicted octanol–water partition coefficient (Wildman–Crippen LogP) is 2.28. The highest BCUT2D eigenvalue weighted by atomic mass is 16.4. The molecule has 0 bridgehead atoms. The third-order valence-electron chi connectivity index (χ3n) is 2.36. The summed E-state index contributed by atoms with van der Waals surface area (Å²) in [4.78, 5) is 20.4. The second-order valence-corrected chi connectivity index (χ2v) is 3.98. The van der Waals surface area contributed by atoms with E-state index in [0.717, 1.165) is 5.56 Å². The van der Waals surface area contributed by atoms with Gasteiger partial charge in [0.25, 0.3) is 0 Å². The largest absolute Gasteiger partial charge is 0.481 e. The maximum absolute atomic E-state index is 10.3. The second-order valence-electron chi connectivity index (χ2n) is 3.98. The maximum Gasteiger partial charge on any atom is 0.335 e. The highest BCUT2D eigenvalue weighted by molar-refractivity contribution is 5.87. The Bertz CT molecular complexity index is 564. The van der Waals surface area contributed by atoms with Crippen molar-refractivity contribution in [3.05, 3.63) is 65.7 Å². The van der Waals surface area contributed by atoms with E-state index in [1.807, 2.05) is 18.2 Å². The van der Waals surface area contributed by atoms with Crippen molar-refractivity contribution in [1.82, 2.24) is 0 Å². The number of carboxylic acids is 2. The van der Waals surface area contributed by atoms with Gasteiger partial charge in [0.05, 0.1) is 12.0 Å². The van der Waals surface area contributed by atoms with Crippen LogP contribution in [0, 0.1) is 0 Å². The highest BCUT2D eigenvalue weighted by Crippen LogP contribution is 2.04. The van der Waals surface area contributed by atoms with Crippen LogP contribution in [0.1, 0.15) is 15.9 Å². The van der Waals surface area contributed by atoms with Gasteiger partial charge in [-0.25, -0.2) is 4.79 Å². The van der Waals surface area contributed by atoms with Gasteiger partial charge in [0.15, 0.2) is 0 Å². The fourth-order valence-electron chi connectivity index (χ4n) is 1.40. The van der Waals surface area contributed by atoms with Gasteiger partial charge in [-0.15, -0.1) is 0 Å². The molecule has 0 fully saturated rings. The van der Waals surface area contributed by atoms with Gasteiger partial charge in [0.1, 0.15) is 0 Å². The molecular weight excluding hydrogens is 258 g/mol. The zero-order valence-electron chi connectivity index (χ0n) is 10.7. The highest BCUT2D eigenvalue weighted by Gasteiger charge is 1.98. The molecule has 0 atom stereocenters. The third-order valence-corrected chi connectivity index (χ3v) is 2.36. The number of hydrogen-bond donors (Lipinski definition) is 3. The summed E-state index contributed by atoms with van der Waals surface area (Å²) in [6.07, 6.45) is 0.112. The van der Waals surface area contributed by atoms with Gasteiger partial charge in [0.2, 0.25) is 0 Å². The number of anilines is 1. The fourth-order valence-corrected chi connectivity index (χ4v) is 1.40. The Labute approximate surface area is 116 Å². The molecule has 0 unspecified atom stereocenters. The van der Waals surface area contributed by atoms with E-state index in [1.165, 1.54) is 12.1 Å². The van der Waals surface area contributed by atoms with Crippen molar-refractivity contribution in [2.24, 2.45) is 0 Å². The molecule has 5 heteroatoms. The molecule has 5 nitrogen and oxygen atoms in total. The van der Waals surface area contributed by atoms with Crippen LogP contribution in [0.3, 0.4) is 0 Å². The Morgan fingerprint density at radius 2 is 1.45 bits per heavy atom. The Kier molecular flexibility index (Phi) is 5.77. The molecule has 0 aliphatic rings. The van der Waals surface area contributed by atoms with E-state index in [4.69, 9.17) is 15.9 Å². The van der Waals surface area contributed by atoms with Crippen molar-refractivity contribution in [2.75, 3.05) is 5.73 Å². The molecule has 0 amide bonds. The Morgan fingerprint density at radius 1 is 0.900 bits per heavy atom. The average molecular weight is 273 g/mol. The van der Waals surface area contributed by atoms with E-state index in [-0.39, 0.29) is 12.0 Å². The number of aliphatic carboxylic acids is 1. The minimum atomic E-state index is -0.931. The molecule has 104 valence electrons. The summed E-state index contributed by atoms with van der Waals surface area (Å²) >= 11 is 0. The Hall–Kier alpha value is -2.82. The molecule has 0 heterocycles. The third kappa shape index (κ3) is 5.68. The maximum atomic E-state index is 10.3. The van der Waals surface area contributed by atoms with Crippen LogP contribution in [0.5, 0.6) is 0 Å². The van der Waals surface area contributed by atoms with Crippen molar-refractivity contribution in [3.8, 4) is 0 Å². The van der Waals surface area contributed by atoms with Gasteiger partial charge in [-0.3, -0.25) is 4.79 Å². The molecule has 2 aromatic rings. The lowest BCUT2D eigenvalue weighted by molar-refractivity contribution is -0.136. The smallest absolute Gasteiger partial charge is 0.335 e. The summed E-state index contributed by atoms with van der Waals surface area (Å²) in [6.45, 7) is 0. The number of aromatic carboxylic acids is 1. The van der Waals surface area contributed by atoms with Crippen LogP contribution in [0.4, 0.5) is 5.69 Å². The van der Waals surface area contributed by atoms with Crippen LogP contribution in [0.25, 0.3) is 0 Å². The Balaban J connectivity index is 0.000000200. The first-order chi connectivity index (χ1) is 9.49. The first kappa shape index (κ1) is 15.2. The van der Waals surface area contributed by atoms with E-state index >= 15 is 0 Å². The lowest BCUT2D eigenvalue weighted by Gasteiger charge is -1.93. The van der Waals surface area contributed by atoms with Crippen molar-refractivity contribution >= 4 is 17.6 Å². The molecule has 4 N–H and O–H groups in total. The molecule has 0 aliphatic carbocycles. The van der Waals surface area contributed by atoms with Crippen LogP contribution in [-0.2, 0) is 11.2 Å². The summed E-state index contributed by atoms with van der Waals surface area (Å²) in [5, 5.41) is 16.8. The molecule has 0 spiro atoms. The molecule has 0 aromatic heterocycles. The molecule has 0 aliphatic heterocycles. The minimum absolute atomic E-state index is 0.112. The number of benzene rings is 2. The van der Waals surface area contributed by atoms with Gasteiger partial charge in [0, 0.05) is 5.69 Å². The number of nitrogens with two attached hydrogens (primary N) is 1. The molecule has 2 aromatic carbocycles. The molecule has 0 saturated carbocycles. The van der Waals surface area contributed by atoms with E-state index in [0.29, 0.717) is 5.69 Å². The summed E-state index contributed by atoms with van der Waals surface area (Å²) in [5.41, 5.74) is 7.01. The summed E-state index contributed by atoms with van der Waals surface area (Å²) < 4.78 is 0. The van der Waals surface area contributed by atoms with E-state index in [2.05, 4.69) is 0 Å². The van der Waals surface area contributed by atoms with E-state index in [1.54, 1.807) is 24.3 Å². The summed E-state index contributed by atoms with van der Waals surface area (Å²) in [7, 11) is 0. The standard InChI is InChI=1S/C8H8O2.C7H7NO2/c9-8(10)6-7-4-2-1-3-5-7;8-6-3-1-5(2-4-6)7(9)10/h1-5H,6H2,(H,9,10);1-4H,8H2,(H,9,10). The zero-order chi connectivity index (χ0) is 15.0. The normalized spacial score (nSPS) is 9.20. The Morgan fingerprint density at radius 3 is 1.90 bits per heavy atom. The minimum Gasteiger partial charge on any atom is -0.481 e. The quantitative estimate of drug-likeness (QED) is 0.745. The summed E-state index contributed by atoms with van der Waals surface area (Å²) in [6, 6.07) is 15.2. The average Bonchev–Trinajstić information content (AvgIpc) is 2.40. The molecule has 0 radical (unpaired) electrons. The lowest BCUT2D eigenvalue weighted by atomic mass is 10.2. The second kappa shape index (κ2) is 7.58. The van der Waals surface area contributed by atoms with Crippen LogP contribution in [-0.4, -0.2) is 22.2 Å². The van der Waals surface area contributed by atoms with Crippen LogP contribution < -0.4 is 5.73 Å². The van der Waals surface area contributed by atoms with Gasteiger partial charge in [-0.05, 0) is 29.8 Å². The molecular formula is C15H15NO4. The molecule has 20 heavy (non-hydrogen) atoms. The fraction of sp³-hybridized carbons (Fsp3) is 0.0667.